The average Bonchev–Trinajstić information content (AvgIpc) is 2.95. The zero-order valence-corrected chi connectivity index (χ0v) is 24.2. The topological polar surface area (TPSA) is 101 Å². The first-order valence-electron chi connectivity index (χ1n) is 13.8. The number of rotatable bonds is 10. The van der Waals surface area contributed by atoms with Crippen molar-refractivity contribution in [2.45, 2.75) is 52.6 Å². The van der Waals surface area contributed by atoms with Crippen LogP contribution in [0.1, 0.15) is 56.1 Å². The minimum absolute atomic E-state index is 0.00939. The number of aliphatic carboxylic acids is 1. The van der Waals surface area contributed by atoms with Crippen LogP contribution >= 0.6 is 0 Å². The van der Waals surface area contributed by atoms with Gasteiger partial charge in [0.15, 0.2) is 5.82 Å². The van der Waals surface area contributed by atoms with E-state index in [2.05, 4.69) is 36.1 Å². The van der Waals surface area contributed by atoms with Crippen LogP contribution in [0.5, 0.6) is 5.75 Å². The Bertz CT molecular complexity index is 1460. The molecule has 0 bridgehead atoms. The second kappa shape index (κ2) is 12.8. The summed E-state index contributed by atoms with van der Waals surface area (Å²) in [5, 5.41) is 12.6. The summed E-state index contributed by atoms with van der Waals surface area (Å²) >= 11 is 0. The minimum Gasteiger partial charge on any atom is -0.491 e. The number of carboxylic acids is 1. The quantitative estimate of drug-likeness (QED) is 0.231. The number of benzene rings is 3. The third kappa shape index (κ3) is 8.01. The maximum atomic E-state index is 12.6. The lowest BCUT2D eigenvalue weighted by Crippen LogP contribution is -2.34. The van der Waals surface area contributed by atoms with E-state index < -0.39 is 11.9 Å². The van der Waals surface area contributed by atoms with Gasteiger partial charge in [-0.15, -0.1) is 0 Å². The molecule has 0 fully saturated rings. The number of aromatic nitrogens is 2. The van der Waals surface area contributed by atoms with Crippen molar-refractivity contribution >= 4 is 11.9 Å². The summed E-state index contributed by atoms with van der Waals surface area (Å²) in [4.78, 5) is 33.6. The van der Waals surface area contributed by atoms with Gasteiger partial charge < -0.3 is 15.2 Å². The van der Waals surface area contributed by atoms with E-state index >= 15 is 0 Å². The zero-order valence-electron chi connectivity index (χ0n) is 24.2. The van der Waals surface area contributed by atoms with Crippen LogP contribution in [-0.2, 0) is 16.6 Å². The zero-order chi connectivity index (χ0) is 29.6. The SMILES string of the molecule is CC(C)Oc1ccc(-c2cnc(-c3ccc(C[C@H](CNC(=O)c4ccc(C(C)(C)C)cc4)C(=O)O)cc3)nc2)cc1. The Morgan fingerprint density at radius 3 is 1.95 bits per heavy atom. The molecule has 4 rings (SSSR count). The predicted octanol–water partition coefficient (Wildman–Crippen LogP) is 6.57. The van der Waals surface area contributed by atoms with Crippen molar-refractivity contribution in [2.24, 2.45) is 5.92 Å². The van der Waals surface area contributed by atoms with Crippen molar-refractivity contribution in [2.75, 3.05) is 6.54 Å². The van der Waals surface area contributed by atoms with Crippen LogP contribution < -0.4 is 10.1 Å². The Hall–Kier alpha value is -4.52. The highest BCUT2D eigenvalue weighted by atomic mass is 16.5. The van der Waals surface area contributed by atoms with Gasteiger partial charge >= 0.3 is 5.97 Å². The molecule has 4 aromatic rings. The summed E-state index contributed by atoms with van der Waals surface area (Å²) in [6.07, 6.45) is 3.98. The van der Waals surface area contributed by atoms with E-state index in [-0.39, 0.29) is 30.4 Å². The number of nitrogens with one attached hydrogen (secondary N) is 1. The molecule has 1 aromatic heterocycles. The largest absolute Gasteiger partial charge is 0.491 e. The number of hydrogen-bond donors (Lipinski definition) is 2. The molecule has 1 atom stereocenters. The Morgan fingerprint density at radius 1 is 0.829 bits per heavy atom. The maximum Gasteiger partial charge on any atom is 0.308 e. The number of nitrogens with zero attached hydrogens (tertiary/aromatic N) is 2. The Kier molecular flexibility index (Phi) is 9.17. The molecule has 2 N–H and O–H groups in total. The van der Waals surface area contributed by atoms with Crippen LogP contribution in [0, 0.1) is 5.92 Å². The maximum absolute atomic E-state index is 12.6. The second-order valence-electron chi connectivity index (χ2n) is 11.5. The van der Waals surface area contributed by atoms with E-state index in [9.17, 15) is 14.7 Å². The van der Waals surface area contributed by atoms with Gasteiger partial charge in [-0.25, -0.2) is 9.97 Å². The van der Waals surface area contributed by atoms with Crippen molar-refractivity contribution in [1.82, 2.24) is 15.3 Å². The molecule has 0 aliphatic rings. The van der Waals surface area contributed by atoms with E-state index in [1.54, 1.807) is 24.5 Å². The molecule has 0 radical (unpaired) electrons. The monoisotopic (exact) mass is 551 g/mol. The molecule has 212 valence electrons. The molecular weight excluding hydrogens is 514 g/mol. The molecule has 0 aliphatic carbocycles. The Balaban J connectivity index is 1.35. The summed E-state index contributed by atoms with van der Waals surface area (Å²) in [5.41, 5.74) is 5.21. The van der Waals surface area contributed by atoms with E-state index in [0.29, 0.717) is 11.4 Å². The molecule has 41 heavy (non-hydrogen) atoms. The summed E-state index contributed by atoms with van der Waals surface area (Å²) in [6.45, 7) is 10.4. The fourth-order valence-electron chi connectivity index (χ4n) is 4.39. The number of ether oxygens (including phenoxy) is 1. The first kappa shape index (κ1) is 29.5. The highest BCUT2D eigenvalue weighted by Crippen LogP contribution is 2.25. The summed E-state index contributed by atoms with van der Waals surface area (Å²) in [7, 11) is 0. The van der Waals surface area contributed by atoms with Crippen LogP contribution in [0.3, 0.4) is 0 Å². The molecule has 7 nitrogen and oxygen atoms in total. The first-order chi connectivity index (χ1) is 19.5. The van der Waals surface area contributed by atoms with Gasteiger partial charge in [-0.3, -0.25) is 9.59 Å². The van der Waals surface area contributed by atoms with Crippen molar-refractivity contribution < 1.29 is 19.4 Å². The molecular formula is C34H37N3O4. The van der Waals surface area contributed by atoms with Gasteiger partial charge in [0.25, 0.3) is 5.91 Å². The Labute approximate surface area is 241 Å². The molecule has 0 spiro atoms. The van der Waals surface area contributed by atoms with E-state index in [1.165, 1.54) is 0 Å². The minimum atomic E-state index is -0.958. The van der Waals surface area contributed by atoms with Crippen molar-refractivity contribution in [3.8, 4) is 28.3 Å². The summed E-state index contributed by atoms with van der Waals surface area (Å²) in [5.74, 6) is -0.599. The molecule has 1 heterocycles. The molecule has 0 aliphatic heterocycles. The van der Waals surface area contributed by atoms with Gasteiger partial charge in [0.05, 0.1) is 12.0 Å². The lowest BCUT2D eigenvalue weighted by atomic mass is 9.86. The molecule has 1 amide bonds. The normalized spacial score (nSPS) is 12.1. The van der Waals surface area contributed by atoms with Crippen LogP contribution in [-0.4, -0.2) is 39.6 Å². The number of carbonyl (C=O) groups is 2. The number of carbonyl (C=O) groups excluding carboxylic acids is 1. The highest BCUT2D eigenvalue weighted by molar-refractivity contribution is 5.94. The summed E-state index contributed by atoms with van der Waals surface area (Å²) in [6, 6.07) is 22.8. The van der Waals surface area contributed by atoms with Crippen molar-refractivity contribution in [3.63, 3.8) is 0 Å². The number of hydrogen-bond acceptors (Lipinski definition) is 5. The van der Waals surface area contributed by atoms with Gasteiger partial charge in [0.1, 0.15) is 5.75 Å². The fraction of sp³-hybridized carbons (Fsp3) is 0.294. The molecule has 0 unspecified atom stereocenters. The number of amides is 1. The standard InChI is InChI=1S/C34H37N3O4/c1-22(2)41-30-16-12-24(13-17-30)28-20-35-31(36-21-28)25-8-6-23(7-9-25)18-27(33(39)40)19-37-32(38)26-10-14-29(15-11-26)34(3,4)5/h6-17,20-22,27H,18-19H2,1-5H3,(H,37,38)(H,39,40)/t27-/m1/s1. The molecule has 0 saturated carbocycles. The molecule has 3 aromatic carbocycles. The average molecular weight is 552 g/mol. The lowest BCUT2D eigenvalue weighted by Gasteiger charge is -2.19. The third-order valence-corrected chi connectivity index (χ3v) is 6.78. The van der Waals surface area contributed by atoms with Crippen molar-refractivity contribution in [1.29, 1.82) is 0 Å². The van der Waals surface area contributed by atoms with Crippen LogP contribution in [0.25, 0.3) is 22.5 Å². The van der Waals surface area contributed by atoms with Gasteiger partial charge in [0.2, 0.25) is 0 Å². The van der Waals surface area contributed by atoms with Gasteiger partial charge in [0, 0.05) is 35.6 Å². The predicted molar refractivity (Wildman–Crippen MR) is 161 cm³/mol. The first-order valence-corrected chi connectivity index (χ1v) is 13.8. The van der Waals surface area contributed by atoms with Gasteiger partial charge in [-0.2, -0.15) is 0 Å². The number of carboxylic acid groups (broad SMARTS) is 1. The van der Waals surface area contributed by atoms with Crippen LogP contribution in [0.4, 0.5) is 0 Å². The molecule has 0 saturated heterocycles. The van der Waals surface area contributed by atoms with Crippen LogP contribution in [0.2, 0.25) is 0 Å². The fourth-order valence-corrected chi connectivity index (χ4v) is 4.39. The molecule has 7 heteroatoms. The van der Waals surface area contributed by atoms with E-state index in [1.807, 2.05) is 74.5 Å². The lowest BCUT2D eigenvalue weighted by molar-refractivity contribution is -0.141. The van der Waals surface area contributed by atoms with Gasteiger partial charge in [-0.05, 0) is 66.6 Å². The second-order valence-corrected chi connectivity index (χ2v) is 11.5. The van der Waals surface area contributed by atoms with Crippen molar-refractivity contribution in [3.05, 3.63) is 102 Å². The third-order valence-electron chi connectivity index (χ3n) is 6.78. The highest BCUT2D eigenvalue weighted by Gasteiger charge is 2.20. The van der Waals surface area contributed by atoms with Gasteiger partial charge in [-0.1, -0.05) is 69.3 Å². The van der Waals surface area contributed by atoms with E-state index in [4.69, 9.17) is 4.74 Å². The smallest absolute Gasteiger partial charge is 0.308 e. The van der Waals surface area contributed by atoms with Crippen LogP contribution in [0.15, 0.2) is 85.2 Å². The Morgan fingerprint density at radius 2 is 1.41 bits per heavy atom. The summed E-state index contributed by atoms with van der Waals surface area (Å²) < 4.78 is 5.70. The van der Waals surface area contributed by atoms with E-state index in [0.717, 1.165) is 33.6 Å².